The molecule has 0 unspecified atom stereocenters. The topological polar surface area (TPSA) is 80.4 Å². The number of aromatic nitrogens is 2. The Kier molecular flexibility index (Phi) is 6.26. The largest absolute Gasteiger partial charge is 0.464 e. The highest BCUT2D eigenvalue weighted by atomic mass is 16.3. The van der Waals surface area contributed by atoms with Crippen LogP contribution in [0.2, 0.25) is 0 Å². The molecule has 1 aliphatic heterocycles. The van der Waals surface area contributed by atoms with Crippen molar-refractivity contribution in [1.82, 2.24) is 20.0 Å². The predicted molar refractivity (Wildman–Crippen MR) is 129 cm³/mol. The van der Waals surface area contributed by atoms with Gasteiger partial charge < -0.3 is 14.6 Å². The van der Waals surface area contributed by atoms with Crippen molar-refractivity contribution in [2.75, 3.05) is 6.54 Å². The SMILES string of the molecule is CC(C)Cn1nc(C(=O)NC2CCCC2)c2c1CCN(C(=O)c1ccc(-c3ccco3)cc1)C2. The zero-order valence-electron chi connectivity index (χ0n) is 19.9. The summed E-state index contributed by atoms with van der Waals surface area (Å²) in [6.07, 6.45) is 6.71. The molecular formula is C27H32N4O3. The number of carbonyl (C=O) groups is 2. The fourth-order valence-corrected chi connectivity index (χ4v) is 5.07. The molecule has 7 heteroatoms. The molecule has 178 valence electrons. The number of nitrogens with zero attached hydrogens (tertiary/aromatic N) is 3. The van der Waals surface area contributed by atoms with Crippen molar-refractivity contribution in [3.63, 3.8) is 0 Å². The van der Waals surface area contributed by atoms with Gasteiger partial charge in [-0.3, -0.25) is 14.3 Å². The van der Waals surface area contributed by atoms with E-state index in [0.29, 0.717) is 36.7 Å². The summed E-state index contributed by atoms with van der Waals surface area (Å²) in [5, 5.41) is 7.92. The molecule has 3 aromatic rings. The van der Waals surface area contributed by atoms with Gasteiger partial charge in [0, 0.05) is 47.9 Å². The molecule has 34 heavy (non-hydrogen) atoms. The number of carbonyl (C=O) groups excluding carboxylic acids is 2. The van der Waals surface area contributed by atoms with Gasteiger partial charge in [0.05, 0.1) is 12.8 Å². The summed E-state index contributed by atoms with van der Waals surface area (Å²) in [5.41, 5.74) is 4.02. The van der Waals surface area contributed by atoms with E-state index in [-0.39, 0.29) is 17.9 Å². The molecule has 0 radical (unpaired) electrons. The van der Waals surface area contributed by atoms with Crippen LogP contribution < -0.4 is 5.32 Å². The lowest BCUT2D eigenvalue weighted by Crippen LogP contribution is -2.38. The Bertz CT molecular complexity index is 1160. The molecule has 2 amide bonds. The first-order valence-corrected chi connectivity index (χ1v) is 12.3. The average molecular weight is 461 g/mol. The highest BCUT2D eigenvalue weighted by molar-refractivity contribution is 5.96. The molecule has 0 saturated heterocycles. The molecule has 1 fully saturated rings. The standard InChI is InChI=1S/C27H32N4O3/c1-18(2)16-31-23-13-14-30(17-22(23)25(29-31)26(32)28-21-6-3-4-7-21)27(33)20-11-9-19(10-12-20)24-8-5-15-34-24/h5,8-12,15,18,21H,3-4,6-7,13-14,16-17H2,1-2H3,(H,28,32). The van der Waals surface area contributed by atoms with Crippen LogP contribution in [0.3, 0.4) is 0 Å². The number of fused-ring (bicyclic) bond motifs is 1. The second-order valence-electron chi connectivity index (χ2n) is 9.84. The van der Waals surface area contributed by atoms with Gasteiger partial charge in [0.15, 0.2) is 5.69 Å². The fourth-order valence-electron chi connectivity index (χ4n) is 5.07. The highest BCUT2D eigenvalue weighted by Crippen LogP contribution is 2.27. The summed E-state index contributed by atoms with van der Waals surface area (Å²) in [6, 6.07) is 11.5. The zero-order chi connectivity index (χ0) is 23.7. The van der Waals surface area contributed by atoms with Gasteiger partial charge in [0.1, 0.15) is 5.76 Å². The molecule has 1 aliphatic carbocycles. The molecule has 1 saturated carbocycles. The van der Waals surface area contributed by atoms with Crippen LogP contribution in [0.5, 0.6) is 0 Å². The average Bonchev–Trinajstić information content (AvgIpc) is 3.60. The van der Waals surface area contributed by atoms with Crippen LogP contribution in [-0.4, -0.2) is 39.1 Å². The van der Waals surface area contributed by atoms with Crippen molar-refractivity contribution in [2.45, 2.75) is 65.1 Å². The summed E-state index contributed by atoms with van der Waals surface area (Å²) in [4.78, 5) is 28.3. The van der Waals surface area contributed by atoms with E-state index in [1.54, 1.807) is 6.26 Å². The number of hydrogen-bond acceptors (Lipinski definition) is 4. The first-order valence-electron chi connectivity index (χ1n) is 12.3. The molecule has 7 nitrogen and oxygen atoms in total. The van der Waals surface area contributed by atoms with E-state index in [0.717, 1.165) is 54.8 Å². The van der Waals surface area contributed by atoms with E-state index in [2.05, 4.69) is 19.2 Å². The van der Waals surface area contributed by atoms with Gasteiger partial charge in [-0.15, -0.1) is 0 Å². The zero-order valence-corrected chi connectivity index (χ0v) is 19.9. The summed E-state index contributed by atoms with van der Waals surface area (Å²) < 4.78 is 7.44. The predicted octanol–water partition coefficient (Wildman–Crippen LogP) is 4.67. The van der Waals surface area contributed by atoms with Gasteiger partial charge in [-0.25, -0.2) is 0 Å². The van der Waals surface area contributed by atoms with E-state index in [1.807, 2.05) is 46.0 Å². The molecule has 0 spiro atoms. The maximum atomic E-state index is 13.3. The minimum atomic E-state index is -0.109. The van der Waals surface area contributed by atoms with E-state index < -0.39 is 0 Å². The molecule has 5 rings (SSSR count). The fraction of sp³-hybridized carbons (Fsp3) is 0.444. The highest BCUT2D eigenvalue weighted by Gasteiger charge is 2.31. The van der Waals surface area contributed by atoms with Gasteiger partial charge in [-0.05, 0) is 43.0 Å². The third-order valence-electron chi connectivity index (χ3n) is 6.80. The van der Waals surface area contributed by atoms with Gasteiger partial charge in [0.25, 0.3) is 11.8 Å². The molecule has 1 aromatic carbocycles. The summed E-state index contributed by atoms with van der Waals surface area (Å²) in [6.45, 7) is 6.08. The van der Waals surface area contributed by atoms with E-state index in [1.165, 1.54) is 0 Å². The Morgan fingerprint density at radius 2 is 1.91 bits per heavy atom. The van der Waals surface area contributed by atoms with E-state index >= 15 is 0 Å². The van der Waals surface area contributed by atoms with Gasteiger partial charge in [-0.1, -0.05) is 38.8 Å². The normalized spacial score (nSPS) is 16.1. The monoisotopic (exact) mass is 460 g/mol. The summed E-state index contributed by atoms with van der Waals surface area (Å²) >= 11 is 0. The maximum Gasteiger partial charge on any atom is 0.272 e. The van der Waals surface area contributed by atoms with Crippen molar-refractivity contribution in [1.29, 1.82) is 0 Å². The van der Waals surface area contributed by atoms with Crippen molar-refractivity contribution in [3.05, 3.63) is 65.2 Å². The Morgan fingerprint density at radius 3 is 2.59 bits per heavy atom. The number of furan rings is 1. The molecule has 3 heterocycles. The Hall–Kier alpha value is -3.35. The minimum absolute atomic E-state index is 0.0320. The molecule has 1 N–H and O–H groups in total. The van der Waals surface area contributed by atoms with Crippen molar-refractivity contribution in [2.24, 2.45) is 5.92 Å². The number of amides is 2. The second-order valence-corrected chi connectivity index (χ2v) is 9.84. The molecule has 2 aromatic heterocycles. The van der Waals surface area contributed by atoms with Crippen LogP contribution in [0, 0.1) is 5.92 Å². The quantitative estimate of drug-likeness (QED) is 0.580. The third kappa shape index (κ3) is 4.52. The lowest BCUT2D eigenvalue weighted by molar-refractivity contribution is 0.0730. The van der Waals surface area contributed by atoms with Crippen LogP contribution in [0.1, 0.15) is 71.6 Å². The smallest absolute Gasteiger partial charge is 0.272 e. The summed E-state index contributed by atoms with van der Waals surface area (Å²) in [7, 11) is 0. The first-order chi connectivity index (χ1) is 16.5. The van der Waals surface area contributed by atoms with Gasteiger partial charge >= 0.3 is 0 Å². The maximum absolute atomic E-state index is 13.3. The summed E-state index contributed by atoms with van der Waals surface area (Å²) in [5.74, 6) is 1.05. The van der Waals surface area contributed by atoms with Crippen molar-refractivity contribution >= 4 is 11.8 Å². The molecule has 2 aliphatic rings. The number of hydrogen-bond donors (Lipinski definition) is 1. The van der Waals surface area contributed by atoms with Crippen LogP contribution in [-0.2, 0) is 19.5 Å². The van der Waals surface area contributed by atoms with Gasteiger partial charge in [-0.2, -0.15) is 5.10 Å². The first kappa shape index (κ1) is 22.4. The molecular weight excluding hydrogens is 428 g/mol. The van der Waals surface area contributed by atoms with Crippen LogP contribution in [0.4, 0.5) is 0 Å². The Balaban J connectivity index is 1.37. The Morgan fingerprint density at radius 1 is 1.15 bits per heavy atom. The van der Waals surface area contributed by atoms with Crippen LogP contribution in [0.15, 0.2) is 47.1 Å². The Labute approximate surface area is 200 Å². The lowest BCUT2D eigenvalue weighted by atomic mass is 10.0. The number of rotatable bonds is 6. The minimum Gasteiger partial charge on any atom is -0.464 e. The molecule has 0 bridgehead atoms. The molecule has 0 atom stereocenters. The van der Waals surface area contributed by atoms with Crippen LogP contribution >= 0.6 is 0 Å². The number of benzene rings is 1. The van der Waals surface area contributed by atoms with Crippen molar-refractivity contribution < 1.29 is 14.0 Å². The van der Waals surface area contributed by atoms with E-state index in [4.69, 9.17) is 9.52 Å². The second kappa shape index (κ2) is 9.49. The van der Waals surface area contributed by atoms with Crippen molar-refractivity contribution in [3.8, 4) is 11.3 Å². The van der Waals surface area contributed by atoms with E-state index in [9.17, 15) is 9.59 Å². The van der Waals surface area contributed by atoms with Gasteiger partial charge in [0.2, 0.25) is 0 Å². The third-order valence-corrected chi connectivity index (χ3v) is 6.80. The number of nitrogens with one attached hydrogen (secondary N) is 1. The van der Waals surface area contributed by atoms with Crippen LogP contribution in [0.25, 0.3) is 11.3 Å². The lowest BCUT2D eigenvalue weighted by Gasteiger charge is -2.28.